The first-order valence-corrected chi connectivity index (χ1v) is 9.31. The highest BCUT2D eigenvalue weighted by Gasteiger charge is 2.33. The van der Waals surface area contributed by atoms with Gasteiger partial charge in [-0.2, -0.15) is 0 Å². The molecule has 0 aromatic carbocycles. The maximum Gasteiger partial charge on any atom is 0.275 e. The molecule has 2 unspecified atom stereocenters. The van der Waals surface area contributed by atoms with Crippen LogP contribution in [0.4, 0.5) is 0 Å². The van der Waals surface area contributed by atoms with Gasteiger partial charge in [-0.15, -0.1) is 12.4 Å². The average Bonchev–Trinajstić information content (AvgIpc) is 3.01. The van der Waals surface area contributed by atoms with Gasteiger partial charge >= 0.3 is 0 Å². The molecule has 1 N–H and O–H groups in total. The standard InChI is InChI=1S/C15H23N3O4S.ClH/c1-10-13(8-14(22-10)23(20,21)17(2)3)15(19)18-7-6-11-4-5-12(9-18)16-11;/h8,11-12,16H,4-7,9H2,1-3H3;1H. The fourth-order valence-corrected chi connectivity index (χ4v) is 4.13. The number of hydrogen-bond acceptors (Lipinski definition) is 5. The number of nitrogens with zero attached hydrogens (tertiary/aromatic N) is 2. The quantitative estimate of drug-likeness (QED) is 0.856. The summed E-state index contributed by atoms with van der Waals surface area (Å²) in [6.45, 7) is 2.98. The van der Waals surface area contributed by atoms with Crippen molar-refractivity contribution >= 4 is 28.3 Å². The molecular formula is C15H24ClN3O4S. The van der Waals surface area contributed by atoms with Gasteiger partial charge in [0.1, 0.15) is 5.76 Å². The van der Waals surface area contributed by atoms with Gasteiger partial charge in [0.05, 0.1) is 5.56 Å². The molecule has 1 aromatic rings. The van der Waals surface area contributed by atoms with Gasteiger partial charge in [0, 0.05) is 45.3 Å². The van der Waals surface area contributed by atoms with Crippen molar-refractivity contribution < 1.29 is 17.6 Å². The van der Waals surface area contributed by atoms with Crippen LogP contribution in [0.2, 0.25) is 0 Å². The number of rotatable bonds is 3. The molecule has 2 atom stereocenters. The molecule has 3 heterocycles. The van der Waals surface area contributed by atoms with Crippen LogP contribution in [0.15, 0.2) is 15.6 Å². The van der Waals surface area contributed by atoms with Crippen molar-refractivity contribution in [3.05, 3.63) is 17.4 Å². The molecule has 1 amide bonds. The summed E-state index contributed by atoms with van der Waals surface area (Å²) in [6, 6.07) is 2.18. The SMILES string of the molecule is Cc1oc(S(=O)(=O)N(C)C)cc1C(=O)N1CCC2CCC(C1)N2.Cl. The molecule has 7 nitrogen and oxygen atoms in total. The van der Waals surface area contributed by atoms with Gasteiger partial charge in [-0.25, -0.2) is 12.7 Å². The van der Waals surface area contributed by atoms with Gasteiger partial charge in [-0.3, -0.25) is 4.79 Å². The highest BCUT2D eigenvalue weighted by Crippen LogP contribution is 2.25. The van der Waals surface area contributed by atoms with Crippen LogP contribution in [0.25, 0.3) is 0 Å². The van der Waals surface area contributed by atoms with E-state index in [1.54, 1.807) is 11.8 Å². The third kappa shape index (κ3) is 3.46. The van der Waals surface area contributed by atoms with Crippen molar-refractivity contribution in [2.24, 2.45) is 0 Å². The van der Waals surface area contributed by atoms with Gasteiger partial charge < -0.3 is 14.6 Å². The number of nitrogens with one attached hydrogen (secondary N) is 1. The van der Waals surface area contributed by atoms with E-state index in [1.807, 2.05) is 0 Å². The zero-order chi connectivity index (χ0) is 16.8. The molecule has 2 aliphatic heterocycles. The van der Waals surface area contributed by atoms with Gasteiger partial charge in [-0.05, 0) is 26.2 Å². The second kappa shape index (κ2) is 7.03. The Hall–Kier alpha value is -1.09. The smallest absolute Gasteiger partial charge is 0.275 e. The van der Waals surface area contributed by atoms with Crippen molar-refractivity contribution in [3.63, 3.8) is 0 Å². The Kier molecular flexibility index (Phi) is 5.64. The fourth-order valence-electron chi connectivity index (χ4n) is 3.27. The lowest BCUT2D eigenvalue weighted by atomic mass is 10.1. The van der Waals surface area contributed by atoms with Gasteiger partial charge in [-0.1, -0.05) is 0 Å². The zero-order valence-electron chi connectivity index (χ0n) is 14.1. The van der Waals surface area contributed by atoms with Crippen LogP contribution in [0.5, 0.6) is 0 Å². The van der Waals surface area contributed by atoms with E-state index in [-0.39, 0.29) is 23.4 Å². The van der Waals surface area contributed by atoms with E-state index >= 15 is 0 Å². The highest BCUT2D eigenvalue weighted by molar-refractivity contribution is 7.88. The summed E-state index contributed by atoms with van der Waals surface area (Å²) >= 11 is 0. The van der Waals surface area contributed by atoms with Gasteiger partial charge in [0.25, 0.3) is 15.9 Å². The third-order valence-corrected chi connectivity index (χ3v) is 6.34. The van der Waals surface area contributed by atoms with Gasteiger partial charge in [0.2, 0.25) is 5.09 Å². The molecule has 2 fully saturated rings. The van der Waals surface area contributed by atoms with Crippen LogP contribution in [-0.4, -0.2) is 62.8 Å². The zero-order valence-corrected chi connectivity index (χ0v) is 15.7. The maximum absolute atomic E-state index is 12.8. The van der Waals surface area contributed by atoms with E-state index in [4.69, 9.17) is 4.42 Å². The number of halogens is 1. The Bertz CT molecular complexity index is 716. The first kappa shape index (κ1) is 19.2. The Morgan fingerprint density at radius 2 is 1.96 bits per heavy atom. The van der Waals surface area contributed by atoms with E-state index in [9.17, 15) is 13.2 Å². The molecule has 2 bridgehead atoms. The van der Waals surface area contributed by atoms with E-state index < -0.39 is 10.0 Å². The Labute approximate surface area is 148 Å². The number of sulfonamides is 1. The van der Waals surface area contributed by atoms with E-state index in [0.29, 0.717) is 36.5 Å². The number of aryl methyl sites for hydroxylation is 1. The molecule has 2 saturated heterocycles. The van der Waals surface area contributed by atoms with E-state index in [0.717, 1.165) is 17.1 Å². The van der Waals surface area contributed by atoms with E-state index in [2.05, 4.69) is 5.32 Å². The molecule has 1 aromatic heterocycles. The summed E-state index contributed by atoms with van der Waals surface area (Å²) < 4.78 is 30.7. The predicted octanol–water partition coefficient (Wildman–Crippen LogP) is 1.23. The summed E-state index contributed by atoms with van der Waals surface area (Å²) in [4.78, 5) is 14.6. The number of amides is 1. The largest absolute Gasteiger partial charge is 0.448 e. The minimum atomic E-state index is -3.67. The number of furan rings is 1. The summed E-state index contributed by atoms with van der Waals surface area (Å²) in [7, 11) is -0.802. The van der Waals surface area contributed by atoms with Crippen LogP contribution in [0.1, 0.15) is 35.4 Å². The van der Waals surface area contributed by atoms with Crippen molar-refractivity contribution in [3.8, 4) is 0 Å². The number of carbonyl (C=O) groups is 1. The number of carbonyl (C=O) groups excluding carboxylic acids is 1. The predicted molar refractivity (Wildman–Crippen MR) is 92.0 cm³/mol. The second-order valence-electron chi connectivity index (χ2n) is 6.50. The molecule has 136 valence electrons. The molecule has 24 heavy (non-hydrogen) atoms. The monoisotopic (exact) mass is 377 g/mol. The van der Waals surface area contributed by atoms with Crippen LogP contribution in [0.3, 0.4) is 0 Å². The van der Waals surface area contributed by atoms with Crippen molar-refractivity contribution in [1.82, 2.24) is 14.5 Å². The van der Waals surface area contributed by atoms with E-state index in [1.165, 1.54) is 26.6 Å². The van der Waals surface area contributed by atoms with Crippen molar-refractivity contribution in [2.45, 2.75) is 43.4 Å². The summed E-state index contributed by atoms with van der Waals surface area (Å²) in [6.07, 6.45) is 3.18. The lowest BCUT2D eigenvalue weighted by Crippen LogP contribution is -2.39. The minimum absolute atomic E-state index is 0. The Morgan fingerprint density at radius 3 is 2.62 bits per heavy atom. The first-order valence-electron chi connectivity index (χ1n) is 7.87. The van der Waals surface area contributed by atoms with Crippen molar-refractivity contribution in [1.29, 1.82) is 0 Å². The van der Waals surface area contributed by atoms with Crippen LogP contribution >= 0.6 is 12.4 Å². The topological polar surface area (TPSA) is 82.9 Å². The third-order valence-electron chi connectivity index (χ3n) is 4.67. The molecule has 0 saturated carbocycles. The molecular weight excluding hydrogens is 354 g/mol. The lowest BCUT2D eigenvalue weighted by Gasteiger charge is -2.24. The number of hydrogen-bond donors (Lipinski definition) is 1. The lowest BCUT2D eigenvalue weighted by molar-refractivity contribution is 0.0746. The molecule has 2 aliphatic rings. The highest BCUT2D eigenvalue weighted by atomic mass is 35.5. The molecule has 0 radical (unpaired) electrons. The minimum Gasteiger partial charge on any atom is -0.448 e. The summed E-state index contributed by atoms with van der Waals surface area (Å²) in [5.74, 6) is 0.193. The first-order chi connectivity index (χ1) is 10.8. The normalized spacial score (nSPS) is 23.9. The van der Waals surface area contributed by atoms with Crippen molar-refractivity contribution in [2.75, 3.05) is 27.2 Å². The van der Waals surface area contributed by atoms with Crippen LogP contribution in [0, 0.1) is 6.92 Å². The van der Waals surface area contributed by atoms with Crippen LogP contribution < -0.4 is 5.32 Å². The molecule has 9 heteroatoms. The fraction of sp³-hybridized carbons (Fsp3) is 0.667. The molecule has 3 rings (SSSR count). The second-order valence-corrected chi connectivity index (χ2v) is 8.58. The molecule has 0 aliphatic carbocycles. The van der Waals surface area contributed by atoms with Gasteiger partial charge in [0.15, 0.2) is 0 Å². The summed E-state index contributed by atoms with van der Waals surface area (Å²) in [5.41, 5.74) is 0.336. The maximum atomic E-state index is 12.8. The summed E-state index contributed by atoms with van der Waals surface area (Å²) in [5, 5.41) is 3.35. The Morgan fingerprint density at radius 1 is 1.29 bits per heavy atom. The number of likely N-dealkylation sites (tertiary alicyclic amines) is 1. The number of fused-ring (bicyclic) bond motifs is 2. The average molecular weight is 378 g/mol. The van der Waals surface area contributed by atoms with Crippen LogP contribution in [-0.2, 0) is 10.0 Å². The molecule has 0 spiro atoms. The Balaban J connectivity index is 0.00000208.